The summed E-state index contributed by atoms with van der Waals surface area (Å²) < 4.78 is 9.82. The predicted molar refractivity (Wildman–Crippen MR) is 67.0 cm³/mol. The molecule has 0 amide bonds. The minimum Gasteiger partial charge on any atom is -0.460 e. The van der Waals surface area contributed by atoms with Crippen LogP contribution in [0.25, 0.3) is 0 Å². The lowest BCUT2D eigenvalue weighted by Gasteiger charge is -2.10. The van der Waals surface area contributed by atoms with Gasteiger partial charge in [0.05, 0.1) is 19.3 Å². The number of ether oxygens (including phenoxy) is 2. The first-order valence-corrected chi connectivity index (χ1v) is 5.79. The topological polar surface area (TPSA) is 67.8 Å². The van der Waals surface area contributed by atoms with Gasteiger partial charge in [-0.25, -0.2) is 0 Å². The molecule has 2 N–H and O–H groups in total. The molecule has 0 bridgehead atoms. The number of carbonyl (C=O) groups is 1. The number of aliphatic hydroxyl groups is 1. The van der Waals surface area contributed by atoms with Gasteiger partial charge in [-0.2, -0.15) is 0 Å². The predicted octanol–water partition coefficient (Wildman–Crippen LogP) is 0.327. The molecule has 18 heavy (non-hydrogen) atoms. The summed E-state index contributed by atoms with van der Waals surface area (Å²) in [6.07, 6.45) is -0.614. The number of esters is 1. The van der Waals surface area contributed by atoms with Crippen LogP contribution in [0.5, 0.6) is 0 Å². The maximum Gasteiger partial charge on any atom is 0.320 e. The van der Waals surface area contributed by atoms with Gasteiger partial charge in [0.15, 0.2) is 0 Å². The largest absolute Gasteiger partial charge is 0.460 e. The van der Waals surface area contributed by atoms with Crippen LogP contribution in [0.3, 0.4) is 0 Å². The van der Waals surface area contributed by atoms with Crippen LogP contribution in [0.1, 0.15) is 5.56 Å². The number of nitrogens with one attached hydrogen (secondary N) is 1. The van der Waals surface area contributed by atoms with Gasteiger partial charge in [-0.3, -0.25) is 4.79 Å². The van der Waals surface area contributed by atoms with Crippen molar-refractivity contribution in [1.29, 1.82) is 0 Å². The molecule has 5 heteroatoms. The Bertz CT molecular complexity index is 342. The Hall–Kier alpha value is -1.43. The summed E-state index contributed by atoms with van der Waals surface area (Å²) >= 11 is 0. The van der Waals surface area contributed by atoms with Crippen LogP contribution in [-0.4, -0.2) is 44.0 Å². The van der Waals surface area contributed by atoms with Crippen LogP contribution in [0.4, 0.5) is 0 Å². The zero-order valence-corrected chi connectivity index (χ0v) is 10.5. The molecule has 0 aliphatic rings. The summed E-state index contributed by atoms with van der Waals surface area (Å²) in [6, 6.07) is 9.47. The second-order valence-electron chi connectivity index (χ2n) is 3.89. The molecule has 0 aliphatic heterocycles. The van der Waals surface area contributed by atoms with Gasteiger partial charge in [0.1, 0.15) is 6.61 Å². The fourth-order valence-electron chi connectivity index (χ4n) is 1.38. The van der Waals surface area contributed by atoms with Crippen molar-refractivity contribution < 1.29 is 19.4 Å². The molecule has 0 radical (unpaired) electrons. The second kappa shape index (κ2) is 8.63. The Kier molecular flexibility index (Phi) is 7.01. The quantitative estimate of drug-likeness (QED) is 0.653. The zero-order valence-electron chi connectivity index (χ0n) is 10.5. The highest BCUT2D eigenvalue weighted by Gasteiger charge is 2.06. The Morgan fingerprint density at radius 1 is 1.39 bits per heavy atom. The van der Waals surface area contributed by atoms with E-state index >= 15 is 0 Å². The summed E-state index contributed by atoms with van der Waals surface area (Å²) in [6.45, 7) is 0.885. The molecule has 0 saturated carbocycles. The highest BCUT2D eigenvalue weighted by atomic mass is 16.5. The highest BCUT2D eigenvalue weighted by molar-refractivity contribution is 5.71. The molecular formula is C13H19NO4. The molecule has 0 saturated heterocycles. The second-order valence-corrected chi connectivity index (χ2v) is 3.89. The number of aliphatic hydroxyl groups excluding tert-OH is 1. The van der Waals surface area contributed by atoms with E-state index in [0.717, 1.165) is 5.56 Å². The molecule has 1 atom stereocenters. The lowest BCUT2D eigenvalue weighted by Crippen LogP contribution is -2.34. The highest BCUT2D eigenvalue weighted by Crippen LogP contribution is 2.00. The number of hydrogen-bond acceptors (Lipinski definition) is 5. The van der Waals surface area contributed by atoms with E-state index in [-0.39, 0.29) is 25.7 Å². The first kappa shape index (κ1) is 14.6. The van der Waals surface area contributed by atoms with Crippen molar-refractivity contribution in [1.82, 2.24) is 5.32 Å². The molecule has 0 aliphatic carbocycles. The van der Waals surface area contributed by atoms with Crippen LogP contribution < -0.4 is 5.32 Å². The van der Waals surface area contributed by atoms with Gasteiger partial charge < -0.3 is 19.9 Å². The molecular weight excluding hydrogens is 234 g/mol. The van der Waals surface area contributed by atoms with Crippen LogP contribution in [-0.2, 0) is 20.9 Å². The van der Waals surface area contributed by atoms with Gasteiger partial charge in [-0.1, -0.05) is 30.3 Å². The fourth-order valence-corrected chi connectivity index (χ4v) is 1.38. The van der Waals surface area contributed by atoms with Gasteiger partial charge in [0.2, 0.25) is 0 Å². The smallest absolute Gasteiger partial charge is 0.320 e. The summed E-state index contributed by atoms with van der Waals surface area (Å²) in [4.78, 5) is 11.4. The molecule has 1 unspecified atom stereocenters. The number of carbonyl (C=O) groups excluding carboxylic acids is 1. The van der Waals surface area contributed by atoms with E-state index in [0.29, 0.717) is 6.54 Å². The average molecular weight is 253 g/mol. The molecule has 0 fully saturated rings. The maximum atomic E-state index is 11.4. The monoisotopic (exact) mass is 253 g/mol. The minimum absolute atomic E-state index is 0.0770. The van der Waals surface area contributed by atoms with Gasteiger partial charge in [-0.15, -0.1) is 0 Å². The summed E-state index contributed by atoms with van der Waals surface area (Å²) in [5.74, 6) is -0.344. The third kappa shape index (κ3) is 6.34. The van der Waals surface area contributed by atoms with Crippen molar-refractivity contribution in [3.05, 3.63) is 35.9 Å². The SMILES string of the molecule is COCC(O)CNCC(=O)OCc1ccccc1. The first-order chi connectivity index (χ1) is 8.72. The molecule has 0 aromatic heterocycles. The average Bonchev–Trinajstić information content (AvgIpc) is 2.38. The van der Waals surface area contributed by atoms with E-state index in [9.17, 15) is 9.90 Å². The van der Waals surface area contributed by atoms with Crippen molar-refractivity contribution >= 4 is 5.97 Å². The third-order valence-corrected chi connectivity index (χ3v) is 2.25. The maximum absolute atomic E-state index is 11.4. The Labute approximate surface area is 107 Å². The van der Waals surface area contributed by atoms with Crippen molar-refractivity contribution in [2.75, 3.05) is 26.8 Å². The van der Waals surface area contributed by atoms with Gasteiger partial charge >= 0.3 is 5.97 Å². The fraction of sp³-hybridized carbons (Fsp3) is 0.462. The molecule has 0 heterocycles. The Morgan fingerprint density at radius 3 is 2.78 bits per heavy atom. The molecule has 1 rings (SSSR count). The Morgan fingerprint density at radius 2 is 2.11 bits per heavy atom. The van der Waals surface area contributed by atoms with Gasteiger partial charge in [0.25, 0.3) is 0 Å². The van der Waals surface area contributed by atoms with Gasteiger partial charge in [-0.05, 0) is 5.56 Å². The van der Waals surface area contributed by atoms with Crippen molar-refractivity contribution in [2.24, 2.45) is 0 Å². The minimum atomic E-state index is -0.614. The van der Waals surface area contributed by atoms with E-state index in [1.165, 1.54) is 7.11 Å². The van der Waals surface area contributed by atoms with Crippen LogP contribution >= 0.6 is 0 Å². The first-order valence-electron chi connectivity index (χ1n) is 5.79. The van der Waals surface area contributed by atoms with Crippen LogP contribution in [0.2, 0.25) is 0 Å². The molecule has 1 aromatic carbocycles. The zero-order chi connectivity index (χ0) is 13.2. The lowest BCUT2D eigenvalue weighted by molar-refractivity contribution is -0.143. The summed E-state index contributed by atoms with van der Waals surface area (Å²) in [5, 5.41) is 12.1. The lowest BCUT2D eigenvalue weighted by atomic mass is 10.2. The molecule has 5 nitrogen and oxygen atoms in total. The van der Waals surface area contributed by atoms with E-state index in [1.54, 1.807) is 0 Å². The number of methoxy groups -OCH3 is 1. The third-order valence-electron chi connectivity index (χ3n) is 2.25. The van der Waals surface area contributed by atoms with Crippen molar-refractivity contribution in [3.63, 3.8) is 0 Å². The van der Waals surface area contributed by atoms with Crippen LogP contribution in [0.15, 0.2) is 30.3 Å². The summed E-state index contributed by atoms with van der Waals surface area (Å²) in [5.41, 5.74) is 0.949. The number of rotatable bonds is 8. The van der Waals surface area contributed by atoms with Crippen molar-refractivity contribution in [2.45, 2.75) is 12.7 Å². The molecule has 1 aromatic rings. The van der Waals surface area contributed by atoms with Crippen LogP contribution in [0, 0.1) is 0 Å². The standard InChI is InChI=1S/C13H19NO4/c1-17-10-12(15)7-14-8-13(16)18-9-11-5-3-2-4-6-11/h2-6,12,14-15H,7-10H2,1H3. The van der Waals surface area contributed by atoms with Gasteiger partial charge in [0, 0.05) is 13.7 Å². The van der Waals surface area contributed by atoms with Crippen molar-refractivity contribution in [3.8, 4) is 0 Å². The van der Waals surface area contributed by atoms with E-state index in [2.05, 4.69) is 5.32 Å². The molecule has 100 valence electrons. The van der Waals surface area contributed by atoms with E-state index in [1.807, 2.05) is 30.3 Å². The molecule has 0 spiro atoms. The van der Waals surface area contributed by atoms with E-state index in [4.69, 9.17) is 9.47 Å². The number of benzene rings is 1. The normalized spacial score (nSPS) is 12.1. The number of hydrogen-bond donors (Lipinski definition) is 2. The summed E-state index contributed by atoms with van der Waals surface area (Å²) in [7, 11) is 1.51. The Balaban J connectivity index is 2.11. The van der Waals surface area contributed by atoms with E-state index < -0.39 is 6.10 Å².